The normalized spacial score (nSPS) is 17.7. The van der Waals surface area contributed by atoms with E-state index >= 15 is 0 Å². The summed E-state index contributed by atoms with van der Waals surface area (Å²) in [5, 5.41) is 19.3. The molecule has 2 atom stereocenters. The fraction of sp³-hybridized carbons (Fsp3) is 0.727. The van der Waals surface area contributed by atoms with Crippen LogP contribution in [0.2, 0.25) is 0 Å². The fourth-order valence-electron chi connectivity index (χ4n) is 1.01. The lowest BCUT2D eigenvalue weighted by Crippen LogP contribution is -2.50. The topological polar surface area (TPSA) is 66.8 Å². The zero-order chi connectivity index (χ0) is 12.3. The number of hydrogen-bond acceptors (Lipinski definition) is 4. The van der Waals surface area contributed by atoms with Crippen LogP contribution in [0.3, 0.4) is 0 Å². The molecule has 0 aliphatic carbocycles. The Bertz CT molecular complexity index is 239. The number of carbonyl (C=O) groups is 1. The molecule has 0 amide bonds. The first kappa shape index (κ1) is 14.1. The lowest BCUT2D eigenvalue weighted by Gasteiger charge is -2.31. The van der Waals surface area contributed by atoms with Gasteiger partial charge in [0, 0.05) is 6.42 Å². The lowest BCUT2D eigenvalue weighted by molar-refractivity contribution is -0.187. The van der Waals surface area contributed by atoms with Crippen LogP contribution in [0.4, 0.5) is 0 Å². The number of esters is 1. The van der Waals surface area contributed by atoms with Crippen molar-refractivity contribution >= 4 is 5.97 Å². The van der Waals surface area contributed by atoms with Crippen LogP contribution in [0.1, 0.15) is 34.1 Å². The molecule has 0 rings (SSSR count). The fourth-order valence-corrected chi connectivity index (χ4v) is 1.01. The van der Waals surface area contributed by atoms with E-state index in [0.717, 1.165) is 0 Å². The molecular formula is C11H20O4. The van der Waals surface area contributed by atoms with E-state index in [1.54, 1.807) is 20.8 Å². The summed E-state index contributed by atoms with van der Waals surface area (Å²) in [6.45, 7) is 9.86. The molecule has 0 aromatic carbocycles. The van der Waals surface area contributed by atoms with E-state index in [4.69, 9.17) is 4.74 Å². The maximum Gasteiger partial charge on any atom is 0.341 e. The minimum Gasteiger partial charge on any atom is -0.458 e. The van der Waals surface area contributed by atoms with Crippen LogP contribution in [0.25, 0.3) is 0 Å². The summed E-state index contributed by atoms with van der Waals surface area (Å²) in [5.74, 6) is -0.829. The van der Waals surface area contributed by atoms with Crippen molar-refractivity contribution in [3.8, 4) is 0 Å². The zero-order valence-electron chi connectivity index (χ0n) is 9.78. The van der Waals surface area contributed by atoms with Gasteiger partial charge in [-0.2, -0.15) is 0 Å². The molecule has 0 radical (unpaired) electrons. The molecule has 0 saturated carbocycles. The second-order valence-corrected chi connectivity index (χ2v) is 4.59. The predicted molar refractivity (Wildman–Crippen MR) is 57.3 cm³/mol. The van der Waals surface area contributed by atoms with Crippen molar-refractivity contribution in [3.63, 3.8) is 0 Å². The maximum absolute atomic E-state index is 11.6. The van der Waals surface area contributed by atoms with Crippen molar-refractivity contribution in [1.29, 1.82) is 0 Å². The lowest BCUT2D eigenvalue weighted by atomic mass is 9.93. The third-order valence-corrected chi connectivity index (χ3v) is 1.90. The molecule has 0 aliphatic rings. The minimum atomic E-state index is -1.91. The molecule has 0 bridgehead atoms. The summed E-state index contributed by atoms with van der Waals surface area (Å²) < 4.78 is 5.02. The summed E-state index contributed by atoms with van der Waals surface area (Å²) in [6, 6.07) is 0. The Morgan fingerprint density at radius 2 is 2.00 bits per heavy atom. The van der Waals surface area contributed by atoms with E-state index in [1.807, 2.05) is 0 Å². The number of aliphatic hydroxyl groups excluding tert-OH is 1. The van der Waals surface area contributed by atoms with Crippen LogP contribution in [0, 0.1) is 0 Å². The number of carbonyl (C=O) groups excluding carboxylic acids is 1. The Kier molecular flexibility index (Phi) is 4.49. The molecule has 0 fully saturated rings. The Hall–Kier alpha value is -0.870. The Labute approximate surface area is 90.6 Å². The van der Waals surface area contributed by atoms with Crippen LogP contribution in [0.15, 0.2) is 12.7 Å². The van der Waals surface area contributed by atoms with Gasteiger partial charge in [-0.1, -0.05) is 6.08 Å². The van der Waals surface area contributed by atoms with Gasteiger partial charge in [-0.05, 0) is 27.7 Å². The Balaban J connectivity index is 4.79. The monoisotopic (exact) mass is 216 g/mol. The molecule has 4 heteroatoms. The summed E-state index contributed by atoms with van der Waals surface area (Å²) in [6.07, 6.45) is 0.126. The molecule has 0 spiro atoms. The van der Waals surface area contributed by atoms with Crippen molar-refractivity contribution in [2.75, 3.05) is 0 Å². The molecule has 0 heterocycles. The molecule has 0 aliphatic heterocycles. The van der Waals surface area contributed by atoms with Gasteiger partial charge in [-0.15, -0.1) is 6.58 Å². The first-order chi connectivity index (χ1) is 6.63. The number of ether oxygens (including phenoxy) is 1. The summed E-state index contributed by atoms with van der Waals surface area (Å²) in [5.41, 5.74) is -2.60. The van der Waals surface area contributed by atoms with Crippen LogP contribution in [0.5, 0.6) is 0 Å². The molecule has 0 saturated heterocycles. The van der Waals surface area contributed by atoms with E-state index in [2.05, 4.69) is 6.58 Å². The molecule has 0 unspecified atom stereocenters. The number of rotatable bonds is 4. The van der Waals surface area contributed by atoms with Gasteiger partial charge < -0.3 is 14.9 Å². The molecule has 88 valence electrons. The summed E-state index contributed by atoms with van der Waals surface area (Å²) in [4.78, 5) is 11.6. The number of aliphatic hydroxyl groups is 2. The van der Waals surface area contributed by atoms with Crippen molar-refractivity contribution in [1.82, 2.24) is 0 Å². The number of hydrogen-bond donors (Lipinski definition) is 2. The molecule has 0 aromatic rings. The van der Waals surface area contributed by atoms with E-state index in [9.17, 15) is 15.0 Å². The van der Waals surface area contributed by atoms with E-state index < -0.39 is 23.3 Å². The van der Waals surface area contributed by atoms with Gasteiger partial charge in [0.15, 0.2) is 5.60 Å². The van der Waals surface area contributed by atoms with Gasteiger partial charge in [0.25, 0.3) is 0 Å². The van der Waals surface area contributed by atoms with E-state index in [-0.39, 0.29) is 6.42 Å². The van der Waals surface area contributed by atoms with E-state index in [0.29, 0.717) is 0 Å². The Morgan fingerprint density at radius 3 is 2.27 bits per heavy atom. The third kappa shape index (κ3) is 4.01. The van der Waals surface area contributed by atoms with Crippen LogP contribution >= 0.6 is 0 Å². The van der Waals surface area contributed by atoms with Crippen LogP contribution in [-0.2, 0) is 9.53 Å². The highest BCUT2D eigenvalue weighted by Crippen LogP contribution is 2.21. The van der Waals surface area contributed by atoms with Crippen molar-refractivity contribution in [3.05, 3.63) is 12.7 Å². The standard InChI is InChI=1S/C11H20O4/c1-6-7-11(14,8(2)12)9(13)15-10(3,4)5/h6,8,12,14H,1,7H2,2-5H3/t8-,11-/m1/s1. The highest BCUT2D eigenvalue weighted by atomic mass is 16.6. The van der Waals surface area contributed by atoms with Crippen molar-refractivity contribution in [2.45, 2.75) is 51.4 Å². The first-order valence-corrected chi connectivity index (χ1v) is 4.88. The highest BCUT2D eigenvalue weighted by Gasteiger charge is 2.43. The maximum atomic E-state index is 11.6. The average molecular weight is 216 g/mol. The zero-order valence-corrected chi connectivity index (χ0v) is 9.78. The quantitative estimate of drug-likeness (QED) is 0.544. The van der Waals surface area contributed by atoms with Gasteiger partial charge in [0.1, 0.15) is 5.60 Å². The van der Waals surface area contributed by atoms with Crippen LogP contribution < -0.4 is 0 Å². The second kappa shape index (κ2) is 4.77. The molecule has 15 heavy (non-hydrogen) atoms. The van der Waals surface area contributed by atoms with E-state index in [1.165, 1.54) is 13.0 Å². The van der Waals surface area contributed by atoms with Gasteiger partial charge in [0.05, 0.1) is 6.10 Å². The Morgan fingerprint density at radius 1 is 1.53 bits per heavy atom. The smallest absolute Gasteiger partial charge is 0.341 e. The second-order valence-electron chi connectivity index (χ2n) is 4.59. The molecular weight excluding hydrogens is 196 g/mol. The SMILES string of the molecule is C=CC[C@](O)(C(=O)OC(C)(C)C)[C@@H](C)O. The van der Waals surface area contributed by atoms with Gasteiger partial charge >= 0.3 is 5.97 Å². The van der Waals surface area contributed by atoms with Crippen molar-refractivity contribution < 1.29 is 19.7 Å². The minimum absolute atomic E-state index is 0.0421. The molecule has 0 aromatic heterocycles. The third-order valence-electron chi connectivity index (χ3n) is 1.90. The average Bonchev–Trinajstić information content (AvgIpc) is 2.00. The predicted octanol–water partition coefficient (Wildman–Crippen LogP) is 1.02. The van der Waals surface area contributed by atoms with Gasteiger partial charge in [0.2, 0.25) is 0 Å². The summed E-state index contributed by atoms with van der Waals surface area (Å²) in [7, 11) is 0. The molecule has 4 nitrogen and oxygen atoms in total. The first-order valence-electron chi connectivity index (χ1n) is 4.88. The molecule has 2 N–H and O–H groups in total. The van der Waals surface area contributed by atoms with Crippen molar-refractivity contribution in [2.24, 2.45) is 0 Å². The highest BCUT2D eigenvalue weighted by molar-refractivity contribution is 5.80. The largest absolute Gasteiger partial charge is 0.458 e. The van der Waals surface area contributed by atoms with Gasteiger partial charge in [-0.3, -0.25) is 0 Å². The summed E-state index contributed by atoms with van der Waals surface area (Å²) >= 11 is 0. The van der Waals surface area contributed by atoms with Gasteiger partial charge in [-0.25, -0.2) is 4.79 Å². The van der Waals surface area contributed by atoms with Crippen LogP contribution in [-0.4, -0.2) is 33.5 Å².